The molecule has 0 unspecified atom stereocenters. The predicted molar refractivity (Wildman–Crippen MR) is 73.4 cm³/mol. The number of nitrogens with zero attached hydrogens (tertiary/aromatic N) is 2. The first-order valence-corrected chi connectivity index (χ1v) is 6.08. The highest BCUT2D eigenvalue weighted by atomic mass is 16.3. The number of hydrogen-bond acceptors (Lipinski definition) is 5. The summed E-state index contributed by atoms with van der Waals surface area (Å²) in [6.45, 7) is -0.665. The van der Waals surface area contributed by atoms with Crippen LogP contribution in [0.1, 0.15) is 10.5 Å². The summed E-state index contributed by atoms with van der Waals surface area (Å²) in [5.74, 6) is -0.452. The topological polar surface area (TPSA) is 113 Å². The summed E-state index contributed by atoms with van der Waals surface area (Å²) in [4.78, 5) is 11.8. The Balaban J connectivity index is 2.12. The van der Waals surface area contributed by atoms with E-state index >= 15 is 0 Å². The minimum atomic E-state index is -0.691. The van der Waals surface area contributed by atoms with Crippen LogP contribution in [-0.4, -0.2) is 45.2 Å². The molecule has 0 saturated carbocycles. The van der Waals surface area contributed by atoms with E-state index in [0.29, 0.717) is 5.69 Å². The van der Waals surface area contributed by atoms with Gasteiger partial charge in [0.15, 0.2) is 5.69 Å². The smallest absolute Gasteiger partial charge is 0.272 e. The molecule has 1 aromatic heterocycles. The molecule has 2 rings (SSSR count). The van der Waals surface area contributed by atoms with Crippen molar-refractivity contribution in [2.45, 2.75) is 6.04 Å². The zero-order chi connectivity index (χ0) is 14.5. The van der Waals surface area contributed by atoms with Crippen LogP contribution < -0.4 is 11.1 Å². The molecule has 5 N–H and O–H groups in total. The number of amides is 1. The van der Waals surface area contributed by atoms with Gasteiger partial charge in [0, 0.05) is 11.9 Å². The first-order chi connectivity index (χ1) is 9.63. The van der Waals surface area contributed by atoms with E-state index < -0.39 is 11.9 Å². The van der Waals surface area contributed by atoms with Crippen LogP contribution in [0.15, 0.2) is 36.5 Å². The number of carbonyl (C=O) groups is 1. The molecule has 7 nitrogen and oxygen atoms in total. The average molecular weight is 276 g/mol. The molecule has 1 heterocycles. The number of rotatable bonds is 5. The van der Waals surface area contributed by atoms with Crippen LogP contribution in [0.3, 0.4) is 0 Å². The molecule has 0 aliphatic carbocycles. The van der Waals surface area contributed by atoms with Gasteiger partial charge in [-0.1, -0.05) is 0 Å². The standard InChI is InChI=1S/C13H16N4O3/c14-9-1-3-11(4-2-9)17-6-5-12(16-17)13(20)15-10(7-18)8-19/h1-6,10,18-19H,7-8,14H2,(H,15,20). The van der Waals surface area contributed by atoms with Crippen molar-refractivity contribution in [2.24, 2.45) is 0 Å². The van der Waals surface area contributed by atoms with Crippen molar-refractivity contribution in [3.63, 3.8) is 0 Å². The van der Waals surface area contributed by atoms with Crippen molar-refractivity contribution in [1.29, 1.82) is 0 Å². The van der Waals surface area contributed by atoms with Crippen LogP contribution in [-0.2, 0) is 0 Å². The summed E-state index contributed by atoms with van der Waals surface area (Å²) in [7, 11) is 0. The third-order valence-corrected chi connectivity index (χ3v) is 2.76. The number of hydrogen-bond donors (Lipinski definition) is 4. The number of aliphatic hydroxyl groups is 2. The molecule has 7 heteroatoms. The maximum Gasteiger partial charge on any atom is 0.272 e. The van der Waals surface area contributed by atoms with Gasteiger partial charge in [-0.15, -0.1) is 0 Å². The Morgan fingerprint density at radius 1 is 1.25 bits per heavy atom. The van der Waals surface area contributed by atoms with E-state index in [9.17, 15) is 4.79 Å². The third kappa shape index (κ3) is 3.14. The summed E-state index contributed by atoms with van der Waals surface area (Å²) < 4.78 is 1.54. The molecule has 1 aromatic carbocycles. The van der Waals surface area contributed by atoms with E-state index in [1.54, 1.807) is 41.2 Å². The quantitative estimate of drug-likeness (QED) is 0.552. The summed E-state index contributed by atoms with van der Waals surface area (Å²) >= 11 is 0. The van der Waals surface area contributed by atoms with Crippen LogP contribution in [0.4, 0.5) is 5.69 Å². The maximum absolute atomic E-state index is 11.8. The zero-order valence-corrected chi connectivity index (χ0v) is 10.7. The van der Waals surface area contributed by atoms with Crippen molar-refractivity contribution < 1.29 is 15.0 Å². The molecule has 0 radical (unpaired) electrons. The van der Waals surface area contributed by atoms with Crippen molar-refractivity contribution in [2.75, 3.05) is 18.9 Å². The molecule has 20 heavy (non-hydrogen) atoms. The number of nitrogens with two attached hydrogens (primary N) is 1. The second-order valence-electron chi connectivity index (χ2n) is 4.27. The lowest BCUT2D eigenvalue weighted by Crippen LogP contribution is -2.40. The van der Waals surface area contributed by atoms with E-state index in [1.165, 1.54) is 0 Å². The largest absolute Gasteiger partial charge is 0.399 e. The van der Waals surface area contributed by atoms with Crippen LogP contribution in [0.25, 0.3) is 5.69 Å². The van der Waals surface area contributed by atoms with E-state index in [1.807, 2.05) is 0 Å². The Labute approximate surface area is 115 Å². The van der Waals surface area contributed by atoms with Gasteiger partial charge in [-0.3, -0.25) is 4.79 Å². The highest BCUT2D eigenvalue weighted by Gasteiger charge is 2.14. The Kier molecular flexibility index (Phi) is 4.34. The Hall–Kier alpha value is -2.38. The van der Waals surface area contributed by atoms with Crippen LogP contribution in [0.2, 0.25) is 0 Å². The van der Waals surface area contributed by atoms with Gasteiger partial charge in [0.05, 0.1) is 24.9 Å². The molecule has 0 spiro atoms. The highest BCUT2D eigenvalue weighted by molar-refractivity contribution is 5.92. The lowest BCUT2D eigenvalue weighted by Gasteiger charge is -2.11. The third-order valence-electron chi connectivity index (χ3n) is 2.76. The predicted octanol–water partition coefficient (Wildman–Crippen LogP) is -0.463. The molecule has 1 amide bonds. The number of aliphatic hydroxyl groups excluding tert-OH is 2. The van der Waals surface area contributed by atoms with Gasteiger partial charge in [-0.25, -0.2) is 4.68 Å². The fraction of sp³-hybridized carbons (Fsp3) is 0.231. The molecule has 0 saturated heterocycles. The fourth-order valence-electron chi connectivity index (χ4n) is 1.62. The first-order valence-electron chi connectivity index (χ1n) is 6.08. The first kappa shape index (κ1) is 14.0. The number of nitrogens with one attached hydrogen (secondary N) is 1. The highest BCUT2D eigenvalue weighted by Crippen LogP contribution is 2.10. The monoisotopic (exact) mass is 276 g/mol. The van der Waals surface area contributed by atoms with Crippen molar-refractivity contribution in [1.82, 2.24) is 15.1 Å². The SMILES string of the molecule is Nc1ccc(-n2ccc(C(=O)NC(CO)CO)n2)cc1. The van der Waals surface area contributed by atoms with Gasteiger partial charge in [0.1, 0.15) is 0 Å². The summed E-state index contributed by atoms with van der Waals surface area (Å²) in [5, 5.41) is 24.4. The lowest BCUT2D eigenvalue weighted by atomic mass is 10.3. The minimum absolute atomic E-state index is 0.203. The van der Waals surface area contributed by atoms with E-state index in [2.05, 4.69) is 10.4 Å². The van der Waals surface area contributed by atoms with Crippen LogP contribution >= 0.6 is 0 Å². The maximum atomic E-state index is 11.8. The van der Waals surface area contributed by atoms with E-state index in [4.69, 9.17) is 15.9 Å². The molecule has 0 bridgehead atoms. The zero-order valence-electron chi connectivity index (χ0n) is 10.7. The molecule has 2 aromatic rings. The molecular weight excluding hydrogens is 260 g/mol. The molecule has 0 atom stereocenters. The molecule has 0 aliphatic heterocycles. The number of nitrogen functional groups attached to an aromatic ring is 1. The number of anilines is 1. The second-order valence-corrected chi connectivity index (χ2v) is 4.27. The molecular formula is C13H16N4O3. The fourth-order valence-corrected chi connectivity index (χ4v) is 1.62. The van der Waals surface area contributed by atoms with Crippen LogP contribution in [0.5, 0.6) is 0 Å². The Morgan fingerprint density at radius 3 is 2.50 bits per heavy atom. The summed E-state index contributed by atoms with van der Waals surface area (Å²) in [6.07, 6.45) is 1.65. The number of benzene rings is 1. The summed E-state index contributed by atoms with van der Waals surface area (Å²) in [5.41, 5.74) is 7.23. The van der Waals surface area contributed by atoms with Gasteiger partial charge in [-0.2, -0.15) is 5.10 Å². The average Bonchev–Trinajstić information content (AvgIpc) is 2.95. The molecule has 0 fully saturated rings. The summed E-state index contributed by atoms with van der Waals surface area (Å²) in [6, 6.07) is 7.92. The second kappa shape index (κ2) is 6.18. The van der Waals surface area contributed by atoms with E-state index in [0.717, 1.165) is 5.69 Å². The van der Waals surface area contributed by atoms with Crippen molar-refractivity contribution >= 4 is 11.6 Å². The lowest BCUT2D eigenvalue weighted by molar-refractivity contribution is 0.0874. The molecule has 106 valence electrons. The van der Waals surface area contributed by atoms with Gasteiger partial charge in [0.2, 0.25) is 0 Å². The van der Waals surface area contributed by atoms with Gasteiger partial charge in [0.25, 0.3) is 5.91 Å². The van der Waals surface area contributed by atoms with Crippen molar-refractivity contribution in [3.8, 4) is 5.69 Å². The van der Waals surface area contributed by atoms with Gasteiger partial charge >= 0.3 is 0 Å². The molecule has 0 aliphatic rings. The van der Waals surface area contributed by atoms with Gasteiger partial charge < -0.3 is 21.3 Å². The van der Waals surface area contributed by atoms with Crippen LogP contribution in [0, 0.1) is 0 Å². The number of carbonyl (C=O) groups excluding carboxylic acids is 1. The van der Waals surface area contributed by atoms with Crippen molar-refractivity contribution in [3.05, 3.63) is 42.2 Å². The Morgan fingerprint density at radius 2 is 1.90 bits per heavy atom. The normalized spacial score (nSPS) is 10.8. The number of aromatic nitrogens is 2. The Bertz CT molecular complexity index is 576. The van der Waals surface area contributed by atoms with E-state index in [-0.39, 0.29) is 18.9 Å². The minimum Gasteiger partial charge on any atom is -0.399 e. The van der Waals surface area contributed by atoms with Gasteiger partial charge in [-0.05, 0) is 30.3 Å².